The first-order chi connectivity index (χ1) is 14.5. The number of hydrogen-bond acceptors (Lipinski definition) is 5. The molecule has 1 N–H and O–H groups in total. The van der Waals surface area contributed by atoms with Gasteiger partial charge >= 0.3 is 5.97 Å². The largest absolute Gasteiger partial charge is 0.455 e. The summed E-state index contributed by atoms with van der Waals surface area (Å²) in [5, 5.41) is 3.29. The number of piperidine rings is 1. The van der Waals surface area contributed by atoms with Gasteiger partial charge in [0.05, 0.1) is 5.92 Å². The molecular formula is C22H23ClN2O4S. The Morgan fingerprint density at radius 2 is 1.70 bits per heavy atom. The molecule has 3 rings (SSSR count). The molecule has 6 nitrogen and oxygen atoms in total. The Balaban J connectivity index is 1.41. The summed E-state index contributed by atoms with van der Waals surface area (Å²) in [6, 6.07) is 14.2. The minimum atomic E-state index is -0.401. The van der Waals surface area contributed by atoms with E-state index in [2.05, 4.69) is 5.32 Å². The summed E-state index contributed by atoms with van der Waals surface area (Å²) >= 11 is 7.48. The van der Waals surface area contributed by atoms with E-state index in [1.54, 1.807) is 53.1 Å². The van der Waals surface area contributed by atoms with Crippen LogP contribution in [0.3, 0.4) is 0 Å². The molecule has 0 radical (unpaired) electrons. The van der Waals surface area contributed by atoms with Crippen LogP contribution in [-0.4, -0.2) is 48.6 Å². The summed E-state index contributed by atoms with van der Waals surface area (Å²) in [6.07, 6.45) is 3.00. The number of halogens is 1. The highest BCUT2D eigenvalue weighted by Gasteiger charge is 2.29. The normalized spacial score (nSPS) is 14.3. The zero-order valence-corrected chi connectivity index (χ0v) is 18.2. The summed E-state index contributed by atoms with van der Waals surface area (Å²) in [4.78, 5) is 39.7. The number of hydrogen-bond donors (Lipinski definition) is 1. The van der Waals surface area contributed by atoms with Crippen molar-refractivity contribution in [1.82, 2.24) is 4.90 Å². The monoisotopic (exact) mass is 446 g/mol. The van der Waals surface area contributed by atoms with E-state index < -0.39 is 5.97 Å². The van der Waals surface area contributed by atoms with Crippen LogP contribution >= 0.6 is 23.4 Å². The van der Waals surface area contributed by atoms with Crippen LogP contribution in [0.1, 0.15) is 23.2 Å². The van der Waals surface area contributed by atoms with Gasteiger partial charge in [0.2, 0.25) is 0 Å². The molecule has 0 bridgehead atoms. The third kappa shape index (κ3) is 6.00. The molecule has 0 spiro atoms. The smallest absolute Gasteiger partial charge is 0.309 e. The first kappa shape index (κ1) is 22.2. The number of likely N-dealkylation sites (tertiary alicyclic amines) is 1. The minimum Gasteiger partial charge on any atom is -0.455 e. The van der Waals surface area contributed by atoms with Crippen LogP contribution < -0.4 is 5.32 Å². The van der Waals surface area contributed by atoms with Crippen LogP contribution in [0.5, 0.6) is 0 Å². The lowest BCUT2D eigenvalue weighted by molar-refractivity contribution is -0.152. The number of carbonyl (C=O) groups is 3. The maximum atomic E-state index is 12.5. The molecule has 158 valence electrons. The van der Waals surface area contributed by atoms with Crippen molar-refractivity contribution in [3.05, 3.63) is 59.1 Å². The van der Waals surface area contributed by atoms with Crippen molar-refractivity contribution in [1.29, 1.82) is 0 Å². The predicted molar refractivity (Wildman–Crippen MR) is 118 cm³/mol. The number of nitrogens with one attached hydrogen (secondary N) is 1. The van der Waals surface area contributed by atoms with Crippen LogP contribution in [0.25, 0.3) is 0 Å². The summed E-state index contributed by atoms with van der Waals surface area (Å²) in [5.41, 5.74) is 1.23. The van der Waals surface area contributed by atoms with Gasteiger partial charge in [-0.1, -0.05) is 11.6 Å². The highest BCUT2D eigenvalue weighted by Crippen LogP contribution is 2.21. The van der Waals surface area contributed by atoms with Crippen molar-refractivity contribution in [2.75, 3.05) is 31.3 Å². The van der Waals surface area contributed by atoms with E-state index in [-0.39, 0.29) is 24.3 Å². The molecule has 2 aromatic rings. The van der Waals surface area contributed by atoms with Gasteiger partial charge in [-0.3, -0.25) is 14.4 Å². The zero-order valence-electron chi connectivity index (χ0n) is 16.6. The maximum Gasteiger partial charge on any atom is 0.309 e. The highest BCUT2D eigenvalue weighted by molar-refractivity contribution is 7.98. The number of anilines is 1. The van der Waals surface area contributed by atoms with E-state index in [1.165, 1.54) is 0 Å². The second-order valence-electron chi connectivity index (χ2n) is 6.96. The topological polar surface area (TPSA) is 75.7 Å². The lowest BCUT2D eigenvalue weighted by atomic mass is 9.96. The summed E-state index contributed by atoms with van der Waals surface area (Å²) in [7, 11) is 0. The zero-order chi connectivity index (χ0) is 21.5. The molecule has 1 fully saturated rings. The number of carbonyl (C=O) groups excluding carboxylic acids is 3. The van der Waals surface area contributed by atoms with Gasteiger partial charge in [0.1, 0.15) is 0 Å². The molecule has 2 amide bonds. The molecule has 0 atom stereocenters. The van der Waals surface area contributed by atoms with Crippen molar-refractivity contribution in [2.45, 2.75) is 17.7 Å². The van der Waals surface area contributed by atoms with Crippen molar-refractivity contribution >= 4 is 46.8 Å². The SMILES string of the molecule is CSc1ccc(NC(=O)COC(=O)C2CCN(C(=O)c3ccc(Cl)cc3)CC2)cc1. The van der Waals surface area contributed by atoms with Gasteiger partial charge in [0.25, 0.3) is 11.8 Å². The molecule has 0 saturated carbocycles. The molecule has 8 heteroatoms. The average Bonchev–Trinajstić information content (AvgIpc) is 2.78. The van der Waals surface area contributed by atoms with Gasteiger partial charge < -0.3 is 15.0 Å². The number of amides is 2. The number of thioether (sulfide) groups is 1. The van der Waals surface area contributed by atoms with Crippen molar-refractivity contribution < 1.29 is 19.1 Å². The first-order valence-corrected chi connectivity index (χ1v) is 11.2. The number of ether oxygens (including phenoxy) is 1. The van der Waals surface area contributed by atoms with E-state index in [1.807, 2.05) is 18.4 Å². The lowest BCUT2D eigenvalue weighted by Gasteiger charge is -2.31. The number of rotatable bonds is 6. The molecule has 2 aromatic carbocycles. The fraction of sp³-hybridized carbons (Fsp3) is 0.318. The third-order valence-corrected chi connectivity index (χ3v) is 5.92. The minimum absolute atomic E-state index is 0.0784. The molecule has 0 aliphatic carbocycles. The molecule has 1 aliphatic rings. The molecule has 1 aliphatic heterocycles. The number of nitrogens with zero attached hydrogens (tertiary/aromatic N) is 1. The predicted octanol–water partition coefficient (Wildman–Crippen LogP) is 4.10. The molecule has 1 heterocycles. The van der Waals surface area contributed by atoms with Crippen LogP contribution in [0.2, 0.25) is 5.02 Å². The van der Waals surface area contributed by atoms with Gasteiger partial charge in [0.15, 0.2) is 6.61 Å². The van der Waals surface area contributed by atoms with Crippen LogP contribution in [0.15, 0.2) is 53.4 Å². The number of benzene rings is 2. The second kappa shape index (κ2) is 10.5. The maximum absolute atomic E-state index is 12.5. The van der Waals surface area contributed by atoms with Gasteiger partial charge in [-0.15, -0.1) is 11.8 Å². The highest BCUT2D eigenvalue weighted by atomic mass is 35.5. The fourth-order valence-electron chi connectivity index (χ4n) is 3.22. The second-order valence-corrected chi connectivity index (χ2v) is 8.27. The molecule has 1 saturated heterocycles. The average molecular weight is 447 g/mol. The molecule has 0 aromatic heterocycles. The fourth-order valence-corrected chi connectivity index (χ4v) is 3.75. The van der Waals surface area contributed by atoms with E-state index in [4.69, 9.17) is 16.3 Å². The Kier molecular flexibility index (Phi) is 7.76. The Morgan fingerprint density at radius 1 is 1.07 bits per heavy atom. The van der Waals surface area contributed by atoms with Crippen LogP contribution in [0, 0.1) is 5.92 Å². The Labute approximate surface area is 184 Å². The van der Waals surface area contributed by atoms with E-state index in [0.717, 1.165) is 4.90 Å². The van der Waals surface area contributed by atoms with Crippen molar-refractivity contribution in [3.8, 4) is 0 Å². The Hall–Kier alpha value is -2.51. The Morgan fingerprint density at radius 3 is 2.30 bits per heavy atom. The van der Waals surface area contributed by atoms with Gasteiger partial charge in [-0.05, 0) is 67.6 Å². The third-order valence-electron chi connectivity index (χ3n) is 4.93. The molecular weight excluding hydrogens is 424 g/mol. The van der Waals surface area contributed by atoms with Crippen LogP contribution in [-0.2, 0) is 14.3 Å². The summed E-state index contributed by atoms with van der Waals surface area (Å²) < 4.78 is 5.18. The van der Waals surface area contributed by atoms with Gasteiger partial charge in [-0.25, -0.2) is 0 Å². The molecule has 30 heavy (non-hydrogen) atoms. The lowest BCUT2D eigenvalue weighted by Crippen LogP contribution is -2.41. The quantitative estimate of drug-likeness (QED) is 0.534. The molecule has 0 unspecified atom stereocenters. The van der Waals surface area contributed by atoms with Gasteiger partial charge in [0, 0.05) is 34.3 Å². The van der Waals surface area contributed by atoms with Gasteiger partial charge in [-0.2, -0.15) is 0 Å². The first-order valence-electron chi connectivity index (χ1n) is 9.61. The summed E-state index contributed by atoms with van der Waals surface area (Å²) in [5.74, 6) is -1.17. The van der Waals surface area contributed by atoms with E-state index in [0.29, 0.717) is 42.2 Å². The summed E-state index contributed by atoms with van der Waals surface area (Å²) in [6.45, 7) is 0.609. The van der Waals surface area contributed by atoms with E-state index in [9.17, 15) is 14.4 Å². The standard InChI is InChI=1S/C22H23ClN2O4S/c1-30-19-8-6-18(7-9-19)24-20(26)14-29-22(28)16-10-12-25(13-11-16)21(27)15-2-4-17(23)5-3-15/h2-9,16H,10-14H2,1H3,(H,24,26). The van der Waals surface area contributed by atoms with Crippen molar-refractivity contribution in [3.63, 3.8) is 0 Å². The van der Waals surface area contributed by atoms with Crippen molar-refractivity contribution in [2.24, 2.45) is 5.92 Å². The van der Waals surface area contributed by atoms with E-state index >= 15 is 0 Å². The number of esters is 1. The van der Waals surface area contributed by atoms with Crippen LogP contribution in [0.4, 0.5) is 5.69 Å². The Bertz CT molecular complexity index is 894.